The number of carbonyl (C=O) groups is 1. The number of Topliss-reactive ketones (excluding diaryl/α,β-unsaturated/α-hetero) is 1. The number of fused-ring (bicyclic) bond motifs is 1. The molecule has 3 aromatic heterocycles. The van der Waals surface area contributed by atoms with Crippen molar-refractivity contribution in [3.05, 3.63) is 28.2 Å². The van der Waals surface area contributed by atoms with E-state index in [0.717, 1.165) is 37.2 Å². The Morgan fingerprint density at radius 2 is 1.82 bits per heavy atom. The van der Waals surface area contributed by atoms with Crippen molar-refractivity contribution in [3.63, 3.8) is 0 Å². The van der Waals surface area contributed by atoms with Gasteiger partial charge in [0.05, 0.1) is 17.9 Å². The predicted molar refractivity (Wildman–Crippen MR) is 126 cm³/mol. The highest BCUT2D eigenvalue weighted by atomic mass is 16.5. The maximum absolute atomic E-state index is 13.6. The number of anilines is 1. The number of aromatic nitrogens is 5. The summed E-state index contributed by atoms with van der Waals surface area (Å²) in [6.07, 6.45) is 6.34. The maximum atomic E-state index is 13.6. The molecule has 9 nitrogen and oxygen atoms in total. The van der Waals surface area contributed by atoms with Crippen molar-refractivity contribution in [2.75, 3.05) is 24.6 Å². The predicted octanol–water partition coefficient (Wildman–Crippen LogP) is 3.56. The number of ether oxygens (including phenoxy) is 1. The number of aromatic amines is 1. The van der Waals surface area contributed by atoms with Crippen LogP contribution in [0.3, 0.4) is 0 Å². The normalized spacial score (nSPS) is 17.6. The van der Waals surface area contributed by atoms with Crippen LogP contribution in [0, 0.1) is 6.92 Å². The Morgan fingerprint density at radius 1 is 1.06 bits per heavy atom. The van der Waals surface area contributed by atoms with Crippen LogP contribution in [0.2, 0.25) is 0 Å². The molecule has 3 aromatic rings. The van der Waals surface area contributed by atoms with Gasteiger partial charge >= 0.3 is 0 Å². The molecular weight excluding hydrogens is 420 g/mol. The van der Waals surface area contributed by atoms with Crippen LogP contribution < -0.4 is 15.2 Å². The molecule has 4 heterocycles. The molecular formula is C24H30N6O3. The number of aryl methyl sites for hydroxylation is 1. The molecule has 1 N–H and O–H groups in total. The molecule has 2 fully saturated rings. The number of H-pyrrole nitrogens is 1. The third kappa shape index (κ3) is 4.00. The Kier molecular flexibility index (Phi) is 5.86. The number of hydrogen-bond acceptors (Lipinski definition) is 7. The fraction of sp³-hybridized carbons (Fsp3) is 0.542. The summed E-state index contributed by atoms with van der Waals surface area (Å²) in [4.78, 5) is 37.1. The van der Waals surface area contributed by atoms with Crippen LogP contribution in [0.25, 0.3) is 22.4 Å². The Bertz CT molecular complexity index is 1230. The van der Waals surface area contributed by atoms with Gasteiger partial charge in [-0.2, -0.15) is 10.1 Å². The first kappa shape index (κ1) is 21.6. The summed E-state index contributed by atoms with van der Waals surface area (Å²) in [5.74, 6) is 2.11. The summed E-state index contributed by atoms with van der Waals surface area (Å²) in [7, 11) is 0. The molecule has 0 aromatic carbocycles. The number of carbonyl (C=O) groups excluding carboxylic acids is 1. The Hall–Kier alpha value is -3.23. The lowest BCUT2D eigenvalue weighted by Gasteiger charge is -2.28. The summed E-state index contributed by atoms with van der Waals surface area (Å²) in [5, 5.41) is 7.16. The highest BCUT2D eigenvalue weighted by Gasteiger charge is 2.27. The van der Waals surface area contributed by atoms with Crippen molar-refractivity contribution < 1.29 is 9.53 Å². The fourth-order valence-corrected chi connectivity index (χ4v) is 4.96. The lowest BCUT2D eigenvalue weighted by Crippen LogP contribution is -2.34. The van der Waals surface area contributed by atoms with Gasteiger partial charge in [0.2, 0.25) is 5.88 Å². The maximum Gasteiger partial charge on any atom is 0.282 e. The number of pyridine rings is 1. The summed E-state index contributed by atoms with van der Waals surface area (Å²) >= 11 is 0. The fourth-order valence-electron chi connectivity index (χ4n) is 4.96. The van der Waals surface area contributed by atoms with E-state index >= 15 is 0 Å². The van der Waals surface area contributed by atoms with Crippen molar-refractivity contribution in [1.29, 1.82) is 0 Å². The van der Waals surface area contributed by atoms with Gasteiger partial charge in [-0.1, -0.05) is 19.3 Å². The Morgan fingerprint density at radius 3 is 2.55 bits per heavy atom. The quantitative estimate of drug-likeness (QED) is 0.633. The van der Waals surface area contributed by atoms with E-state index in [2.05, 4.69) is 15.1 Å². The van der Waals surface area contributed by atoms with Crippen LogP contribution in [-0.4, -0.2) is 50.2 Å². The van der Waals surface area contributed by atoms with Crippen LogP contribution >= 0.6 is 0 Å². The van der Waals surface area contributed by atoms with Crippen LogP contribution in [0.4, 0.5) is 5.82 Å². The summed E-state index contributed by atoms with van der Waals surface area (Å²) in [5.41, 5.74) is 2.32. The highest BCUT2D eigenvalue weighted by molar-refractivity contribution is 5.81. The van der Waals surface area contributed by atoms with Crippen LogP contribution in [0.15, 0.2) is 16.9 Å². The first-order valence-electron chi connectivity index (χ1n) is 11.9. The Labute approximate surface area is 192 Å². The van der Waals surface area contributed by atoms with Gasteiger partial charge in [-0.05, 0) is 38.8 Å². The molecule has 1 aliphatic heterocycles. The van der Waals surface area contributed by atoms with E-state index in [4.69, 9.17) is 14.7 Å². The zero-order chi connectivity index (χ0) is 22.9. The molecule has 2 aliphatic rings. The van der Waals surface area contributed by atoms with Gasteiger partial charge < -0.3 is 9.64 Å². The Balaban J connectivity index is 1.66. The molecule has 0 amide bonds. The molecule has 1 aliphatic carbocycles. The minimum absolute atomic E-state index is 0.0809. The number of nitrogens with zero attached hydrogens (tertiary/aromatic N) is 5. The van der Waals surface area contributed by atoms with E-state index in [1.165, 1.54) is 6.42 Å². The van der Waals surface area contributed by atoms with Crippen LogP contribution in [0.1, 0.15) is 63.6 Å². The lowest BCUT2D eigenvalue weighted by atomic mass is 9.95. The minimum atomic E-state index is -0.118. The van der Waals surface area contributed by atoms with Crippen molar-refractivity contribution in [1.82, 2.24) is 24.7 Å². The van der Waals surface area contributed by atoms with Gasteiger partial charge in [0.1, 0.15) is 22.9 Å². The van der Waals surface area contributed by atoms with E-state index in [1.807, 2.05) is 30.5 Å². The molecule has 0 spiro atoms. The van der Waals surface area contributed by atoms with Crippen LogP contribution in [0.5, 0.6) is 5.88 Å². The number of nitrogens with one attached hydrogen (secondary N) is 1. The minimum Gasteiger partial charge on any atom is -0.477 e. The molecule has 5 rings (SSSR count). The molecule has 1 saturated carbocycles. The number of hydrogen-bond donors (Lipinski definition) is 1. The zero-order valence-corrected chi connectivity index (χ0v) is 19.3. The molecule has 0 atom stereocenters. The van der Waals surface area contributed by atoms with E-state index in [0.29, 0.717) is 60.8 Å². The second-order valence-corrected chi connectivity index (χ2v) is 8.93. The third-order valence-corrected chi connectivity index (χ3v) is 6.73. The van der Waals surface area contributed by atoms with Gasteiger partial charge in [-0.3, -0.25) is 19.3 Å². The largest absolute Gasteiger partial charge is 0.477 e. The van der Waals surface area contributed by atoms with E-state index < -0.39 is 0 Å². The summed E-state index contributed by atoms with van der Waals surface area (Å²) in [6.45, 7) is 5.55. The van der Waals surface area contributed by atoms with Gasteiger partial charge in [0.15, 0.2) is 5.52 Å². The lowest BCUT2D eigenvalue weighted by molar-refractivity contribution is -0.119. The monoisotopic (exact) mass is 450 g/mol. The van der Waals surface area contributed by atoms with Gasteiger partial charge in [-0.15, -0.1) is 0 Å². The molecule has 0 unspecified atom stereocenters. The first-order chi connectivity index (χ1) is 16.1. The van der Waals surface area contributed by atoms with E-state index in [-0.39, 0.29) is 17.4 Å². The third-order valence-electron chi connectivity index (χ3n) is 6.73. The van der Waals surface area contributed by atoms with Crippen LogP contribution in [-0.2, 0) is 4.79 Å². The van der Waals surface area contributed by atoms with Crippen molar-refractivity contribution >= 4 is 22.6 Å². The van der Waals surface area contributed by atoms with Crippen molar-refractivity contribution in [3.8, 4) is 17.3 Å². The number of ketones is 1. The highest BCUT2D eigenvalue weighted by Crippen LogP contribution is 2.35. The van der Waals surface area contributed by atoms with Crippen molar-refractivity contribution in [2.24, 2.45) is 0 Å². The number of piperidine rings is 1. The average Bonchev–Trinajstić information content (AvgIpc) is 3.21. The molecule has 33 heavy (non-hydrogen) atoms. The molecule has 174 valence electrons. The summed E-state index contributed by atoms with van der Waals surface area (Å²) in [6, 6.07) is 3.97. The molecule has 9 heteroatoms. The van der Waals surface area contributed by atoms with Gasteiger partial charge in [0, 0.05) is 32.0 Å². The number of rotatable bonds is 5. The van der Waals surface area contributed by atoms with Gasteiger partial charge in [-0.25, -0.2) is 4.98 Å². The van der Waals surface area contributed by atoms with E-state index in [1.54, 1.807) is 0 Å². The average molecular weight is 451 g/mol. The standard InChI is InChI=1S/C24H30N6O3/c1-3-33-23-18(9-10-19(25-23)29-13-11-17(31)12-14-29)22-26-20-15(2)27-28-21(20)24(32)30(22)16-7-5-4-6-8-16/h9-10,16H,3-8,11-14H2,1-2H3,(H,27,28). The molecule has 0 bridgehead atoms. The zero-order valence-electron chi connectivity index (χ0n) is 19.3. The topological polar surface area (TPSA) is 106 Å². The van der Waals surface area contributed by atoms with E-state index in [9.17, 15) is 9.59 Å². The molecule has 0 radical (unpaired) electrons. The van der Waals surface area contributed by atoms with Crippen molar-refractivity contribution in [2.45, 2.75) is 64.8 Å². The smallest absolute Gasteiger partial charge is 0.282 e. The van der Waals surface area contributed by atoms with Gasteiger partial charge in [0.25, 0.3) is 5.56 Å². The first-order valence-corrected chi connectivity index (χ1v) is 11.9. The molecule has 1 saturated heterocycles. The second-order valence-electron chi connectivity index (χ2n) is 8.93. The second kappa shape index (κ2) is 8.96. The SMILES string of the molecule is CCOc1nc(N2CCC(=O)CC2)ccc1-c1nc2c(C)[nH]nc2c(=O)n1C1CCCCC1. The summed E-state index contributed by atoms with van der Waals surface area (Å²) < 4.78 is 7.79.